The van der Waals surface area contributed by atoms with Crippen molar-refractivity contribution in [2.45, 2.75) is 6.54 Å². The van der Waals surface area contributed by atoms with Crippen LogP contribution in [0.2, 0.25) is 0 Å². The highest BCUT2D eigenvalue weighted by Crippen LogP contribution is 2.20. The van der Waals surface area contributed by atoms with Gasteiger partial charge in [0, 0.05) is 10.7 Å². The van der Waals surface area contributed by atoms with Crippen molar-refractivity contribution in [1.29, 1.82) is 0 Å². The topological polar surface area (TPSA) is 89.1 Å². The minimum atomic E-state index is -0.0621. The van der Waals surface area contributed by atoms with Crippen LogP contribution in [-0.4, -0.2) is 18.4 Å². The molecule has 0 spiro atoms. The smallest absolute Gasteiger partial charge is 0.211 e. The Balaban J connectivity index is 0.00000300. The summed E-state index contributed by atoms with van der Waals surface area (Å²) in [4.78, 5) is 4.53. The van der Waals surface area contributed by atoms with Gasteiger partial charge in [-0.15, -0.1) is 17.5 Å². The summed E-state index contributed by atoms with van der Waals surface area (Å²) < 4.78 is 1.08. The Bertz CT molecular complexity index is 1010. The summed E-state index contributed by atoms with van der Waals surface area (Å²) in [6, 6.07) is 24.4. The van der Waals surface area contributed by atoms with Gasteiger partial charge in [-0.1, -0.05) is 82.7 Å². The van der Waals surface area contributed by atoms with Gasteiger partial charge >= 0.3 is 0 Å². The lowest BCUT2D eigenvalue weighted by Crippen LogP contribution is -2.21. The molecule has 3 aromatic rings. The van der Waals surface area contributed by atoms with Gasteiger partial charge in [0.15, 0.2) is 0 Å². The monoisotopic (exact) mass is 469 g/mol. The van der Waals surface area contributed by atoms with Crippen LogP contribution >= 0.6 is 28.3 Å². The quantitative estimate of drug-likeness (QED) is 0.309. The van der Waals surface area contributed by atoms with E-state index >= 15 is 0 Å². The number of rotatable bonds is 6. The fourth-order valence-electron chi connectivity index (χ4n) is 2.56. The first-order valence-electron chi connectivity index (χ1n) is 8.67. The minimum Gasteiger partial charge on any atom is -0.369 e. The summed E-state index contributed by atoms with van der Waals surface area (Å²) in [5.74, 6) is -0.0621. The summed E-state index contributed by atoms with van der Waals surface area (Å²) in [7, 11) is 0. The maximum Gasteiger partial charge on any atom is 0.211 e. The molecule has 5 nitrogen and oxygen atoms in total. The molecule has 0 bridgehead atoms. The van der Waals surface area contributed by atoms with Crippen LogP contribution < -0.4 is 11.5 Å². The van der Waals surface area contributed by atoms with Gasteiger partial charge in [0.05, 0.1) is 12.8 Å². The molecule has 0 saturated carbocycles. The summed E-state index contributed by atoms with van der Waals surface area (Å²) >= 11 is 3.54. The lowest BCUT2D eigenvalue weighted by Gasteiger charge is -2.03. The fourth-order valence-corrected chi connectivity index (χ4v) is 2.97. The standard InChI is InChI=1S/C22H20BrN5.ClH/c23-21-4-2-1-3-20(21)15-26-13-16-5-9-18(10-6-16)19-11-7-17(8-12-19)14-27-28-22(24)25;/h1-14H,15H2,(H4,24,25,28);1H/b26-13?,27-14+;. The van der Waals surface area contributed by atoms with Crippen molar-refractivity contribution in [3.63, 3.8) is 0 Å². The second-order valence-corrected chi connectivity index (χ2v) is 6.93. The van der Waals surface area contributed by atoms with Crippen molar-refractivity contribution in [3.05, 3.63) is 94.0 Å². The van der Waals surface area contributed by atoms with E-state index in [1.165, 1.54) is 5.56 Å². The molecule has 29 heavy (non-hydrogen) atoms. The molecule has 0 fully saturated rings. The average Bonchev–Trinajstić information content (AvgIpc) is 2.70. The van der Waals surface area contributed by atoms with E-state index in [1.54, 1.807) is 6.21 Å². The Morgan fingerprint density at radius 3 is 1.90 bits per heavy atom. The Hall–Kier alpha value is -2.96. The molecule has 0 aliphatic carbocycles. The number of aliphatic imine (C=N–C) groups is 1. The molecule has 4 N–H and O–H groups in total. The Morgan fingerprint density at radius 2 is 1.34 bits per heavy atom. The number of halogens is 2. The molecular formula is C22H21BrClN5. The van der Waals surface area contributed by atoms with Gasteiger partial charge < -0.3 is 11.5 Å². The van der Waals surface area contributed by atoms with Gasteiger partial charge in [0.2, 0.25) is 5.96 Å². The first-order valence-corrected chi connectivity index (χ1v) is 9.47. The predicted octanol–water partition coefficient (Wildman–Crippen LogP) is 4.76. The summed E-state index contributed by atoms with van der Waals surface area (Å²) in [5, 5.41) is 7.39. The van der Waals surface area contributed by atoms with E-state index in [-0.39, 0.29) is 18.4 Å². The second kappa shape index (κ2) is 11.1. The number of nitrogens with zero attached hydrogens (tertiary/aromatic N) is 3. The first-order chi connectivity index (χ1) is 13.6. The lowest BCUT2D eigenvalue weighted by molar-refractivity contribution is 1.07. The largest absolute Gasteiger partial charge is 0.369 e. The third kappa shape index (κ3) is 6.85. The molecule has 7 heteroatoms. The zero-order valence-corrected chi connectivity index (χ0v) is 18.0. The van der Waals surface area contributed by atoms with Crippen LogP contribution in [0.25, 0.3) is 11.1 Å². The molecule has 0 saturated heterocycles. The maximum atomic E-state index is 5.24. The number of hydrogen-bond donors (Lipinski definition) is 2. The SMILES string of the molecule is Cl.NC(N)=N/N=C/c1ccc(-c2ccc(C=NCc3ccccc3Br)cc2)cc1. The van der Waals surface area contributed by atoms with Crippen molar-refractivity contribution < 1.29 is 0 Å². The van der Waals surface area contributed by atoms with Crippen molar-refractivity contribution >= 4 is 46.7 Å². The van der Waals surface area contributed by atoms with Gasteiger partial charge in [-0.25, -0.2) is 0 Å². The van der Waals surface area contributed by atoms with Crippen LogP contribution in [0, 0.1) is 0 Å². The zero-order valence-electron chi connectivity index (χ0n) is 15.6. The third-order valence-corrected chi connectivity index (χ3v) is 4.77. The molecule has 0 amide bonds. The number of nitrogens with two attached hydrogens (primary N) is 2. The molecule has 0 aliphatic rings. The lowest BCUT2D eigenvalue weighted by atomic mass is 10.0. The molecular weight excluding hydrogens is 450 g/mol. The van der Waals surface area contributed by atoms with E-state index in [0.717, 1.165) is 26.7 Å². The summed E-state index contributed by atoms with van der Waals surface area (Å²) in [6.07, 6.45) is 3.50. The van der Waals surface area contributed by atoms with E-state index in [0.29, 0.717) is 6.54 Å². The minimum absolute atomic E-state index is 0. The van der Waals surface area contributed by atoms with E-state index in [9.17, 15) is 0 Å². The van der Waals surface area contributed by atoms with E-state index in [1.807, 2.05) is 48.7 Å². The van der Waals surface area contributed by atoms with E-state index < -0.39 is 0 Å². The molecule has 3 rings (SSSR count). The Labute approximate surface area is 184 Å². The van der Waals surface area contributed by atoms with Crippen LogP contribution in [0.4, 0.5) is 0 Å². The Morgan fingerprint density at radius 1 is 0.793 bits per heavy atom. The molecule has 0 heterocycles. The van der Waals surface area contributed by atoms with Gasteiger partial charge in [-0.05, 0) is 33.9 Å². The number of guanidine groups is 1. The molecule has 0 aliphatic heterocycles. The second-order valence-electron chi connectivity index (χ2n) is 6.07. The van der Waals surface area contributed by atoms with Crippen LogP contribution in [0.1, 0.15) is 16.7 Å². The normalized spacial score (nSPS) is 10.8. The van der Waals surface area contributed by atoms with E-state index in [2.05, 4.69) is 61.5 Å². The first kappa shape index (κ1) is 22.3. The molecule has 0 unspecified atom stereocenters. The van der Waals surface area contributed by atoms with Gasteiger partial charge in [-0.2, -0.15) is 5.10 Å². The average molecular weight is 471 g/mol. The predicted molar refractivity (Wildman–Crippen MR) is 128 cm³/mol. The van der Waals surface area contributed by atoms with Gasteiger partial charge in [0.1, 0.15) is 0 Å². The van der Waals surface area contributed by atoms with Crippen molar-refractivity contribution in [2.75, 3.05) is 0 Å². The highest BCUT2D eigenvalue weighted by molar-refractivity contribution is 9.10. The third-order valence-electron chi connectivity index (χ3n) is 3.99. The van der Waals surface area contributed by atoms with Crippen LogP contribution in [0.15, 0.2) is 92.5 Å². The van der Waals surface area contributed by atoms with Gasteiger partial charge in [0.25, 0.3) is 0 Å². The molecule has 148 valence electrons. The summed E-state index contributed by atoms with van der Waals surface area (Å²) in [5.41, 5.74) is 15.9. The fraction of sp³-hybridized carbons (Fsp3) is 0.0455. The van der Waals surface area contributed by atoms with Crippen molar-refractivity contribution in [1.82, 2.24) is 0 Å². The summed E-state index contributed by atoms with van der Waals surface area (Å²) in [6.45, 7) is 0.645. The molecule has 3 aromatic carbocycles. The number of benzene rings is 3. The highest BCUT2D eigenvalue weighted by atomic mass is 79.9. The van der Waals surface area contributed by atoms with Crippen LogP contribution in [-0.2, 0) is 6.54 Å². The molecule has 0 radical (unpaired) electrons. The Kier molecular flexibility index (Phi) is 8.58. The zero-order chi connectivity index (χ0) is 19.8. The van der Waals surface area contributed by atoms with E-state index in [4.69, 9.17) is 11.5 Å². The van der Waals surface area contributed by atoms with Crippen molar-refractivity contribution in [2.24, 2.45) is 26.7 Å². The van der Waals surface area contributed by atoms with Gasteiger partial charge in [-0.3, -0.25) is 4.99 Å². The molecule has 0 aromatic heterocycles. The highest BCUT2D eigenvalue weighted by Gasteiger charge is 1.99. The number of hydrogen-bond acceptors (Lipinski definition) is 3. The van der Waals surface area contributed by atoms with Crippen LogP contribution in [0.5, 0.6) is 0 Å². The maximum absolute atomic E-state index is 5.24. The molecule has 0 atom stereocenters. The van der Waals surface area contributed by atoms with Crippen molar-refractivity contribution in [3.8, 4) is 11.1 Å². The van der Waals surface area contributed by atoms with Crippen LogP contribution in [0.3, 0.4) is 0 Å².